The second-order valence-electron chi connectivity index (χ2n) is 11.5. The summed E-state index contributed by atoms with van der Waals surface area (Å²) in [4.78, 5) is 29.8. The van der Waals surface area contributed by atoms with Gasteiger partial charge in [0.25, 0.3) is 0 Å². The Kier molecular flexibility index (Phi) is 5.96. The van der Waals surface area contributed by atoms with Crippen LogP contribution in [0.4, 0.5) is 0 Å². The zero-order chi connectivity index (χ0) is 30.6. The molecule has 8 aromatic rings. The lowest BCUT2D eigenvalue weighted by Gasteiger charge is -2.27. The molecule has 0 radical (unpaired) electrons. The summed E-state index contributed by atoms with van der Waals surface area (Å²) in [6, 6.07) is 50.7. The van der Waals surface area contributed by atoms with E-state index in [2.05, 4.69) is 59.2 Å². The van der Waals surface area contributed by atoms with Gasteiger partial charge in [0.15, 0.2) is 17.4 Å². The summed E-state index contributed by atoms with van der Waals surface area (Å²) < 4.78 is 2.08. The lowest BCUT2D eigenvalue weighted by Crippen LogP contribution is -2.21. The first kappa shape index (κ1) is 26.2. The summed E-state index contributed by atoms with van der Waals surface area (Å²) in [6.07, 6.45) is 0. The third-order valence-electron chi connectivity index (χ3n) is 8.93. The molecule has 46 heavy (non-hydrogen) atoms. The van der Waals surface area contributed by atoms with Crippen molar-refractivity contribution in [3.8, 4) is 39.9 Å². The molecule has 5 heteroatoms. The Balaban J connectivity index is 1.36. The number of aromatic nitrogens is 4. The van der Waals surface area contributed by atoms with E-state index in [1.54, 1.807) is 0 Å². The highest BCUT2D eigenvalue weighted by atomic mass is 16.1. The van der Waals surface area contributed by atoms with E-state index in [9.17, 15) is 4.79 Å². The van der Waals surface area contributed by atoms with Crippen molar-refractivity contribution in [3.63, 3.8) is 0 Å². The first-order valence-corrected chi connectivity index (χ1v) is 15.4. The first-order valence-electron chi connectivity index (χ1n) is 15.4. The summed E-state index contributed by atoms with van der Waals surface area (Å²) in [5.41, 5.74) is 8.41. The fraction of sp³-hybridized carbons (Fsp3) is 0.0244. The number of para-hydroxylation sites is 1. The molecule has 0 bridgehead atoms. The van der Waals surface area contributed by atoms with E-state index < -0.39 is 5.92 Å². The summed E-state index contributed by atoms with van der Waals surface area (Å²) in [5, 5.41) is 1.90. The Hall–Kier alpha value is -6.20. The molecule has 1 aliphatic carbocycles. The molecule has 6 aromatic carbocycles. The van der Waals surface area contributed by atoms with E-state index in [4.69, 9.17) is 15.0 Å². The molecule has 5 nitrogen and oxygen atoms in total. The van der Waals surface area contributed by atoms with Gasteiger partial charge in [-0.1, -0.05) is 140 Å². The number of nitrogens with zero attached hydrogens (tertiary/aromatic N) is 4. The molecule has 0 spiro atoms. The van der Waals surface area contributed by atoms with Crippen LogP contribution in [0, 0.1) is 0 Å². The van der Waals surface area contributed by atoms with Crippen LogP contribution in [0.2, 0.25) is 0 Å². The maximum Gasteiger partial charge on any atom is 0.238 e. The van der Waals surface area contributed by atoms with E-state index in [1.165, 1.54) is 0 Å². The van der Waals surface area contributed by atoms with Gasteiger partial charge in [-0.25, -0.2) is 4.98 Å². The highest BCUT2D eigenvalue weighted by Gasteiger charge is 2.36. The summed E-state index contributed by atoms with van der Waals surface area (Å²) >= 11 is 0. The molecular weight excluding hydrogens is 564 g/mol. The maximum absolute atomic E-state index is 14.8. The van der Waals surface area contributed by atoms with Crippen LogP contribution in [0.5, 0.6) is 0 Å². The monoisotopic (exact) mass is 590 g/mol. The molecule has 0 fully saturated rings. The van der Waals surface area contributed by atoms with Gasteiger partial charge in [0.05, 0.1) is 17.0 Å². The zero-order valence-electron chi connectivity index (χ0n) is 24.7. The summed E-state index contributed by atoms with van der Waals surface area (Å²) in [5.74, 6) is 1.37. The number of rotatable bonds is 4. The quantitative estimate of drug-likeness (QED) is 0.205. The molecule has 216 valence electrons. The van der Waals surface area contributed by atoms with Gasteiger partial charge in [-0.3, -0.25) is 9.36 Å². The number of fused-ring (bicyclic) bond motifs is 7. The Bertz CT molecular complexity index is 2380. The van der Waals surface area contributed by atoms with Crippen LogP contribution in [0.15, 0.2) is 152 Å². The number of benzene rings is 6. The third-order valence-corrected chi connectivity index (χ3v) is 8.93. The van der Waals surface area contributed by atoms with E-state index in [0.717, 1.165) is 60.8 Å². The van der Waals surface area contributed by atoms with Gasteiger partial charge >= 0.3 is 0 Å². The number of hydrogen-bond donors (Lipinski definition) is 0. The lowest BCUT2D eigenvalue weighted by atomic mass is 9.74. The number of carbonyl (C=O) groups excluding carboxylic acids is 1. The molecule has 1 atom stereocenters. The van der Waals surface area contributed by atoms with Crippen molar-refractivity contribution >= 4 is 27.6 Å². The molecule has 0 saturated heterocycles. The second kappa shape index (κ2) is 10.5. The smallest absolute Gasteiger partial charge is 0.238 e. The molecule has 0 saturated carbocycles. The normalized spacial score (nSPS) is 13.9. The molecule has 0 N–H and O–H groups in total. The van der Waals surface area contributed by atoms with Crippen LogP contribution < -0.4 is 0 Å². The molecule has 2 aromatic heterocycles. The van der Waals surface area contributed by atoms with Crippen molar-refractivity contribution in [1.82, 2.24) is 19.5 Å². The molecular formula is C41H26N4O. The van der Waals surface area contributed by atoms with Gasteiger partial charge in [0.1, 0.15) is 0 Å². The van der Waals surface area contributed by atoms with Gasteiger partial charge in [0.2, 0.25) is 5.95 Å². The van der Waals surface area contributed by atoms with Crippen molar-refractivity contribution in [1.29, 1.82) is 0 Å². The SMILES string of the molecule is O=C1c2c(ccc3c2c2ccccc2n3-c2nc(-c3ccccc3)nc(-c3ccccc3)n2)-c2ccccc2C1c1ccccc1. The van der Waals surface area contributed by atoms with Crippen LogP contribution in [0.3, 0.4) is 0 Å². The minimum absolute atomic E-state index is 0.0963. The van der Waals surface area contributed by atoms with Gasteiger partial charge in [0, 0.05) is 27.5 Å². The predicted molar refractivity (Wildman–Crippen MR) is 183 cm³/mol. The minimum Gasteiger partial charge on any atom is -0.293 e. The zero-order valence-corrected chi connectivity index (χ0v) is 24.7. The number of hydrogen-bond acceptors (Lipinski definition) is 4. The Morgan fingerprint density at radius 2 is 1.09 bits per heavy atom. The second-order valence-corrected chi connectivity index (χ2v) is 11.5. The highest BCUT2D eigenvalue weighted by Crippen LogP contribution is 2.47. The van der Waals surface area contributed by atoms with Crippen LogP contribution in [-0.2, 0) is 0 Å². The van der Waals surface area contributed by atoms with Gasteiger partial charge in [-0.15, -0.1) is 0 Å². The van der Waals surface area contributed by atoms with Gasteiger partial charge in [-0.05, 0) is 34.4 Å². The Morgan fingerprint density at radius 1 is 0.500 bits per heavy atom. The fourth-order valence-electron chi connectivity index (χ4n) is 6.91. The van der Waals surface area contributed by atoms with Gasteiger partial charge in [-0.2, -0.15) is 9.97 Å². The number of ketones is 1. The maximum atomic E-state index is 14.8. The Morgan fingerprint density at radius 3 is 1.78 bits per heavy atom. The van der Waals surface area contributed by atoms with Gasteiger partial charge < -0.3 is 0 Å². The Labute approximate surface area is 265 Å². The largest absolute Gasteiger partial charge is 0.293 e. The molecule has 1 aliphatic rings. The molecule has 1 unspecified atom stereocenters. The number of Topliss-reactive ketones (excluding diaryl/α,β-unsaturated/α-hetero) is 1. The standard InChI is InChI=1S/C41H26N4O/c46-38-35(26-14-4-1-5-15-26)30-21-11-10-20-29(30)31-24-25-34-36(37(31)38)32-22-12-13-23-33(32)45(34)41-43-39(27-16-6-2-7-17-27)42-40(44-41)28-18-8-3-9-19-28/h1-25,35H. The minimum atomic E-state index is -0.399. The summed E-state index contributed by atoms with van der Waals surface area (Å²) in [7, 11) is 0. The average molecular weight is 591 g/mol. The molecule has 2 heterocycles. The molecule has 9 rings (SSSR count). The van der Waals surface area contributed by atoms with Crippen molar-refractivity contribution in [2.45, 2.75) is 5.92 Å². The van der Waals surface area contributed by atoms with Crippen molar-refractivity contribution in [2.24, 2.45) is 0 Å². The fourth-order valence-corrected chi connectivity index (χ4v) is 6.91. The van der Waals surface area contributed by atoms with Crippen molar-refractivity contribution < 1.29 is 4.79 Å². The topological polar surface area (TPSA) is 60.7 Å². The first-order chi connectivity index (χ1) is 22.8. The van der Waals surface area contributed by atoms with Crippen LogP contribution >= 0.6 is 0 Å². The summed E-state index contributed by atoms with van der Waals surface area (Å²) in [6.45, 7) is 0. The van der Waals surface area contributed by atoms with Crippen LogP contribution in [0.25, 0.3) is 61.7 Å². The van der Waals surface area contributed by atoms with Crippen molar-refractivity contribution in [2.75, 3.05) is 0 Å². The molecule has 0 aliphatic heterocycles. The van der Waals surface area contributed by atoms with E-state index in [0.29, 0.717) is 17.6 Å². The lowest BCUT2D eigenvalue weighted by molar-refractivity contribution is 0.0974. The van der Waals surface area contributed by atoms with Crippen molar-refractivity contribution in [3.05, 3.63) is 168 Å². The van der Waals surface area contributed by atoms with E-state index in [-0.39, 0.29) is 5.78 Å². The number of carbonyl (C=O) groups is 1. The van der Waals surface area contributed by atoms with E-state index >= 15 is 0 Å². The highest BCUT2D eigenvalue weighted by molar-refractivity contribution is 6.25. The van der Waals surface area contributed by atoms with E-state index in [1.807, 2.05) is 97.1 Å². The van der Waals surface area contributed by atoms with Crippen LogP contribution in [-0.4, -0.2) is 25.3 Å². The third kappa shape index (κ3) is 4.02. The predicted octanol–water partition coefficient (Wildman–Crippen LogP) is 9.30. The van der Waals surface area contributed by atoms with Crippen LogP contribution in [0.1, 0.15) is 27.4 Å². The molecule has 0 amide bonds. The average Bonchev–Trinajstić information content (AvgIpc) is 3.47.